The minimum atomic E-state index is -4.49. The molecule has 0 aliphatic carbocycles. The summed E-state index contributed by atoms with van der Waals surface area (Å²) in [4.78, 5) is 19.0. The number of benzene rings is 2. The minimum Gasteiger partial charge on any atom is -0.339 e. The molecule has 3 heterocycles. The lowest BCUT2D eigenvalue weighted by atomic mass is 10.1. The number of likely N-dealkylation sites (tertiary alicyclic amines) is 1. The molecule has 1 aliphatic rings. The molecule has 6 nitrogen and oxygen atoms in total. The topological polar surface area (TPSA) is 63.9 Å². The van der Waals surface area contributed by atoms with E-state index in [0.717, 1.165) is 43.6 Å². The predicted octanol–water partition coefficient (Wildman–Crippen LogP) is 5.88. The highest BCUT2D eigenvalue weighted by Gasteiger charge is 2.31. The summed E-state index contributed by atoms with van der Waals surface area (Å²) in [6.07, 6.45) is 0.714. The Morgan fingerprint density at radius 1 is 0.972 bits per heavy atom. The van der Waals surface area contributed by atoms with Crippen molar-refractivity contribution in [2.24, 2.45) is 0 Å². The van der Waals surface area contributed by atoms with Crippen LogP contribution in [0.15, 0.2) is 78.2 Å². The van der Waals surface area contributed by atoms with Crippen molar-refractivity contribution in [3.63, 3.8) is 0 Å². The van der Waals surface area contributed by atoms with Gasteiger partial charge in [0.2, 0.25) is 0 Å². The van der Waals surface area contributed by atoms with Crippen molar-refractivity contribution in [2.75, 3.05) is 13.1 Å². The number of amides is 1. The Morgan fingerprint density at radius 2 is 1.78 bits per heavy atom. The lowest BCUT2D eigenvalue weighted by Crippen LogP contribution is -2.28. The zero-order valence-corrected chi connectivity index (χ0v) is 20.0. The van der Waals surface area contributed by atoms with Gasteiger partial charge >= 0.3 is 6.18 Å². The summed E-state index contributed by atoms with van der Waals surface area (Å²) in [6.45, 7) is 1.50. The first-order valence-electron chi connectivity index (χ1n) is 11.5. The summed E-state index contributed by atoms with van der Waals surface area (Å²) >= 11 is 1.31. The molecule has 2 aromatic carbocycles. The number of aromatic nitrogens is 4. The second-order valence-electron chi connectivity index (χ2n) is 8.38. The normalized spacial score (nSPS) is 13.8. The van der Waals surface area contributed by atoms with Crippen molar-refractivity contribution in [1.82, 2.24) is 24.6 Å². The Kier molecular flexibility index (Phi) is 6.77. The third-order valence-corrected chi connectivity index (χ3v) is 6.96. The molecular weight excluding hydrogens is 487 g/mol. The van der Waals surface area contributed by atoms with Crippen LogP contribution in [0.3, 0.4) is 0 Å². The number of hydrogen-bond acceptors (Lipinski definition) is 5. The molecule has 2 aromatic heterocycles. The average molecular weight is 510 g/mol. The molecule has 0 saturated carbocycles. The van der Waals surface area contributed by atoms with Crippen LogP contribution in [0.4, 0.5) is 13.2 Å². The van der Waals surface area contributed by atoms with Crippen molar-refractivity contribution in [2.45, 2.75) is 29.9 Å². The van der Waals surface area contributed by atoms with Crippen LogP contribution < -0.4 is 0 Å². The fourth-order valence-corrected chi connectivity index (χ4v) is 5.14. The van der Waals surface area contributed by atoms with Crippen molar-refractivity contribution in [3.8, 4) is 17.1 Å². The summed E-state index contributed by atoms with van der Waals surface area (Å²) in [5.41, 5.74) is 1.62. The summed E-state index contributed by atoms with van der Waals surface area (Å²) in [7, 11) is 0. The van der Waals surface area contributed by atoms with Crippen molar-refractivity contribution < 1.29 is 18.0 Å². The third kappa shape index (κ3) is 4.99. The van der Waals surface area contributed by atoms with Crippen LogP contribution in [0.25, 0.3) is 17.1 Å². The number of carbonyl (C=O) groups is 1. The van der Waals surface area contributed by atoms with Gasteiger partial charge in [0.15, 0.2) is 11.0 Å². The molecule has 0 unspecified atom stereocenters. The highest BCUT2D eigenvalue weighted by Crippen LogP contribution is 2.34. The van der Waals surface area contributed by atoms with E-state index in [1.54, 1.807) is 35.2 Å². The molecule has 0 spiro atoms. The lowest BCUT2D eigenvalue weighted by Gasteiger charge is -2.17. The molecule has 0 N–H and O–H groups in total. The molecule has 0 atom stereocenters. The van der Waals surface area contributed by atoms with Gasteiger partial charge in [0, 0.05) is 42.4 Å². The Labute approximate surface area is 210 Å². The van der Waals surface area contributed by atoms with Gasteiger partial charge in [0.1, 0.15) is 0 Å². The predicted molar refractivity (Wildman–Crippen MR) is 131 cm³/mol. The molecule has 1 fully saturated rings. The monoisotopic (exact) mass is 509 g/mol. The Balaban J connectivity index is 1.51. The molecule has 1 aliphatic heterocycles. The van der Waals surface area contributed by atoms with Gasteiger partial charge in [-0.15, -0.1) is 10.2 Å². The molecule has 184 valence electrons. The lowest BCUT2D eigenvalue weighted by molar-refractivity contribution is -0.137. The van der Waals surface area contributed by atoms with Gasteiger partial charge in [-0.1, -0.05) is 36.0 Å². The van der Waals surface area contributed by atoms with Crippen LogP contribution in [0.2, 0.25) is 0 Å². The van der Waals surface area contributed by atoms with Crippen molar-refractivity contribution in [3.05, 3.63) is 89.7 Å². The molecule has 10 heteroatoms. The van der Waals surface area contributed by atoms with Gasteiger partial charge in [-0.3, -0.25) is 14.3 Å². The first-order valence-corrected chi connectivity index (χ1v) is 12.4. The molecule has 36 heavy (non-hydrogen) atoms. The van der Waals surface area contributed by atoms with Crippen LogP contribution >= 0.6 is 11.8 Å². The number of halogens is 3. The van der Waals surface area contributed by atoms with E-state index < -0.39 is 11.7 Å². The van der Waals surface area contributed by atoms with Crippen molar-refractivity contribution in [1.29, 1.82) is 0 Å². The second kappa shape index (κ2) is 10.1. The van der Waals surface area contributed by atoms with Crippen LogP contribution in [0.1, 0.15) is 34.3 Å². The van der Waals surface area contributed by atoms with Crippen LogP contribution in [0.5, 0.6) is 0 Å². The van der Waals surface area contributed by atoms with Gasteiger partial charge in [0.25, 0.3) is 5.91 Å². The number of rotatable bonds is 6. The molecule has 1 amide bonds. The summed E-state index contributed by atoms with van der Waals surface area (Å²) in [5, 5.41) is 9.00. The van der Waals surface area contributed by atoms with E-state index in [0.29, 0.717) is 27.9 Å². The van der Waals surface area contributed by atoms with Crippen LogP contribution in [-0.4, -0.2) is 43.6 Å². The van der Waals surface area contributed by atoms with Gasteiger partial charge in [-0.25, -0.2) is 0 Å². The number of thioether (sulfide) groups is 1. The number of alkyl halides is 3. The Morgan fingerprint density at radius 3 is 2.53 bits per heavy atom. The molecular formula is C26H22F3N5OS. The third-order valence-electron chi connectivity index (χ3n) is 5.98. The highest BCUT2D eigenvalue weighted by atomic mass is 32.2. The van der Waals surface area contributed by atoms with E-state index >= 15 is 0 Å². The number of nitrogens with zero attached hydrogens (tertiary/aromatic N) is 5. The molecule has 4 aromatic rings. The smallest absolute Gasteiger partial charge is 0.339 e. The summed E-state index contributed by atoms with van der Waals surface area (Å²) < 4.78 is 42.0. The fourth-order valence-electron chi connectivity index (χ4n) is 4.19. The maximum Gasteiger partial charge on any atom is 0.416 e. The van der Waals surface area contributed by atoms with Crippen LogP contribution in [0, 0.1) is 0 Å². The van der Waals surface area contributed by atoms with Gasteiger partial charge in [-0.2, -0.15) is 13.2 Å². The van der Waals surface area contributed by atoms with Crippen molar-refractivity contribution >= 4 is 17.7 Å². The SMILES string of the molecule is O=C(c1ccccc1CSc1nnc(-c2cccnc2)n1-c1cccc(C(F)(F)F)c1)N1CCCC1. The summed E-state index contributed by atoms with van der Waals surface area (Å²) in [6, 6.07) is 16.0. The first kappa shape index (κ1) is 24.1. The summed E-state index contributed by atoms with van der Waals surface area (Å²) in [5.74, 6) is 0.783. The molecule has 0 radical (unpaired) electrons. The van der Waals surface area contributed by atoms with Gasteiger partial charge in [-0.05, 0) is 54.8 Å². The zero-order chi connectivity index (χ0) is 25.1. The van der Waals surface area contributed by atoms with E-state index in [1.165, 1.54) is 17.8 Å². The highest BCUT2D eigenvalue weighted by molar-refractivity contribution is 7.98. The number of carbonyl (C=O) groups excluding carboxylic acids is 1. The standard InChI is InChI=1S/C26H22F3N5OS/c27-26(28,29)20-9-5-10-21(15-20)34-23(18-8-6-12-30-16-18)31-32-25(34)36-17-19-7-1-2-11-22(19)24(35)33-13-3-4-14-33/h1-2,5-12,15-16H,3-4,13-14,17H2. The van der Waals surface area contributed by atoms with E-state index in [2.05, 4.69) is 15.2 Å². The first-order chi connectivity index (χ1) is 17.4. The maximum atomic E-state index is 13.5. The van der Waals surface area contributed by atoms with Crippen LogP contribution in [-0.2, 0) is 11.9 Å². The molecule has 0 bridgehead atoms. The fraction of sp³-hybridized carbons (Fsp3) is 0.231. The maximum absolute atomic E-state index is 13.5. The van der Waals surface area contributed by atoms with E-state index in [4.69, 9.17) is 0 Å². The quantitative estimate of drug-likeness (QED) is 0.304. The van der Waals surface area contributed by atoms with E-state index in [-0.39, 0.29) is 11.6 Å². The Hall–Kier alpha value is -3.66. The second-order valence-corrected chi connectivity index (χ2v) is 9.32. The Bertz CT molecular complexity index is 1370. The van der Waals surface area contributed by atoms with E-state index in [1.807, 2.05) is 29.2 Å². The van der Waals surface area contributed by atoms with Gasteiger partial charge in [0.05, 0.1) is 11.3 Å². The van der Waals surface area contributed by atoms with E-state index in [9.17, 15) is 18.0 Å². The molecule has 5 rings (SSSR count). The van der Waals surface area contributed by atoms with Gasteiger partial charge < -0.3 is 4.90 Å². The largest absolute Gasteiger partial charge is 0.416 e. The minimum absolute atomic E-state index is 0.000839. The number of pyridine rings is 1. The molecule has 1 saturated heterocycles. The zero-order valence-electron chi connectivity index (χ0n) is 19.2. The average Bonchev–Trinajstić information content (AvgIpc) is 3.58. The number of hydrogen-bond donors (Lipinski definition) is 0.